The van der Waals surface area contributed by atoms with Gasteiger partial charge in [0.05, 0.1) is 12.0 Å². The molecule has 0 aliphatic rings. The molecule has 10 heteroatoms. The Morgan fingerprint density at radius 2 is 1.68 bits per heavy atom. The summed E-state index contributed by atoms with van der Waals surface area (Å²) in [6, 6.07) is 6.31. The highest BCUT2D eigenvalue weighted by Crippen LogP contribution is 2.31. The second-order valence-electron chi connectivity index (χ2n) is 6.09. The summed E-state index contributed by atoms with van der Waals surface area (Å²) in [7, 11) is 1.34. The summed E-state index contributed by atoms with van der Waals surface area (Å²) < 4.78 is 78.3. The summed E-state index contributed by atoms with van der Waals surface area (Å²) in [4.78, 5) is 12.7. The molecular weight excluding hydrogens is 507 g/mol. The van der Waals surface area contributed by atoms with Crippen LogP contribution in [0.2, 0.25) is 0 Å². The lowest BCUT2D eigenvalue weighted by molar-refractivity contribution is 0.105. The molecule has 0 bridgehead atoms. The van der Waals surface area contributed by atoms with Gasteiger partial charge in [-0.15, -0.1) is 11.3 Å². The van der Waals surface area contributed by atoms with Gasteiger partial charge in [-0.25, -0.2) is 13.2 Å². The molecule has 0 atom stereocenters. The highest BCUT2D eigenvalue weighted by molar-refractivity contribution is 9.10. The highest BCUT2D eigenvalue weighted by Gasteiger charge is 2.27. The number of rotatable bonds is 7. The van der Waals surface area contributed by atoms with E-state index in [1.165, 1.54) is 42.7 Å². The fourth-order valence-electron chi connectivity index (χ4n) is 2.57. The first-order valence-corrected chi connectivity index (χ1v) is 10.2. The number of methoxy groups -OCH3 is 1. The summed E-state index contributed by atoms with van der Waals surface area (Å²) >= 11 is 4.53. The van der Waals surface area contributed by atoms with Gasteiger partial charge in [-0.05, 0) is 45.8 Å². The Morgan fingerprint density at radius 1 is 1.03 bits per heavy atom. The van der Waals surface area contributed by atoms with Crippen molar-refractivity contribution < 1.29 is 36.2 Å². The molecule has 0 amide bonds. The van der Waals surface area contributed by atoms with E-state index in [1.807, 2.05) is 0 Å². The average Bonchev–Trinajstić information content (AvgIpc) is 3.21. The van der Waals surface area contributed by atoms with Crippen molar-refractivity contribution in [1.82, 2.24) is 0 Å². The van der Waals surface area contributed by atoms with Crippen molar-refractivity contribution in [3.05, 3.63) is 85.3 Å². The van der Waals surface area contributed by atoms with Gasteiger partial charge in [0.2, 0.25) is 29.1 Å². The molecule has 0 unspecified atom stereocenters. The van der Waals surface area contributed by atoms with E-state index < -0.39 is 41.4 Å². The van der Waals surface area contributed by atoms with Crippen molar-refractivity contribution in [2.24, 2.45) is 0 Å². The molecule has 0 fully saturated rings. The largest absolute Gasteiger partial charge is 0.496 e. The minimum atomic E-state index is -2.27. The average molecular weight is 519 g/mol. The van der Waals surface area contributed by atoms with Gasteiger partial charge in [0.15, 0.2) is 11.5 Å². The van der Waals surface area contributed by atoms with E-state index in [-0.39, 0.29) is 17.1 Å². The second-order valence-corrected chi connectivity index (χ2v) is 7.91. The first-order chi connectivity index (χ1) is 14.7. The van der Waals surface area contributed by atoms with Crippen LogP contribution in [0, 0.1) is 29.1 Å². The number of hydrogen-bond donors (Lipinski definition) is 0. The maximum Gasteiger partial charge on any atom is 0.207 e. The molecule has 0 aliphatic heterocycles. The topological polar surface area (TPSA) is 35.5 Å². The molecule has 31 heavy (non-hydrogen) atoms. The van der Waals surface area contributed by atoms with Crippen LogP contribution in [0.4, 0.5) is 22.0 Å². The molecule has 162 valence electrons. The maximum absolute atomic E-state index is 13.8. The van der Waals surface area contributed by atoms with Gasteiger partial charge in [-0.3, -0.25) is 4.79 Å². The number of allylic oxidation sites excluding steroid dienone is 1. The monoisotopic (exact) mass is 518 g/mol. The third kappa shape index (κ3) is 4.96. The van der Waals surface area contributed by atoms with Gasteiger partial charge >= 0.3 is 0 Å². The number of benzene rings is 2. The van der Waals surface area contributed by atoms with Crippen LogP contribution in [0.3, 0.4) is 0 Å². The maximum atomic E-state index is 13.8. The van der Waals surface area contributed by atoms with Crippen LogP contribution in [0.25, 0.3) is 6.08 Å². The van der Waals surface area contributed by atoms with Gasteiger partial charge in [0, 0.05) is 15.4 Å². The van der Waals surface area contributed by atoms with E-state index in [9.17, 15) is 26.7 Å². The predicted octanol–water partition coefficient (Wildman–Crippen LogP) is 6.69. The Hall–Kier alpha value is -2.72. The summed E-state index contributed by atoms with van der Waals surface area (Å²) in [5.41, 5.74) is 0.792. The predicted molar refractivity (Wildman–Crippen MR) is 109 cm³/mol. The van der Waals surface area contributed by atoms with Gasteiger partial charge < -0.3 is 9.47 Å². The zero-order valence-electron chi connectivity index (χ0n) is 15.6. The van der Waals surface area contributed by atoms with E-state index in [1.54, 1.807) is 17.5 Å². The lowest BCUT2D eigenvalue weighted by atomic mass is 10.1. The van der Waals surface area contributed by atoms with E-state index in [0.717, 1.165) is 4.47 Å². The minimum absolute atomic E-state index is 0.231. The number of ether oxygens (including phenoxy) is 2. The van der Waals surface area contributed by atoms with Crippen molar-refractivity contribution in [3.8, 4) is 11.5 Å². The van der Waals surface area contributed by atoms with Crippen molar-refractivity contribution in [2.45, 2.75) is 6.61 Å². The van der Waals surface area contributed by atoms with E-state index in [2.05, 4.69) is 15.9 Å². The molecule has 0 spiro atoms. The van der Waals surface area contributed by atoms with E-state index in [0.29, 0.717) is 10.4 Å². The molecule has 1 heterocycles. The SMILES string of the molecule is COc1ccc(/C=C/C(=O)c2cc(Br)cs2)cc1COc1c(F)c(F)c(F)c(F)c1F. The van der Waals surface area contributed by atoms with Gasteiger partial charge in [0.25, 0.3) is 0 Å². The summed E-state index contributed by atoms with van der Waals surface area (Å²) in [5, 5.41) is 1.77. The number of halogens is 6. The minimum Gasteiger partial charge on any atom is -0.496 e. The van der Waals surface area contributed by atoms with E-state index in [4.69, 9.17) is 9.47 Å². The molecule has 0 saturated carbocycles. The quantitative estimate of drug-likeness (QED) is 0.115. The van der Waals surface area contributed by atoms with Crippen molar-refractivity contribution in [1.29, 1.82) is 0 Å². The standard InChI is InChI=1S/C21H12BrF5O3S/c1-29-14-5-3-10(2-4-13(28)15-7-12(22)9-31-15)6-11(14)8-30-21-19(26)17(24)16(23)18(25)20(21)27/h2-7,9H,8H2,1H3/b4-2+. The first-order valence-electron chi connectivity index (χ1n) is 8.50. The van der Waals surface area contributed by atoms with Crippen LogP contribution in [-0.2, 0) is 6.61 Å². The van der Waals surface area contributed by atoms with Gasteiger partial charge in [-0.1, -0.05) is 12.1 Å². The van der Waals surface area contributed by atoms with Crippen LogP contribution < -0.4 is 9.47 Å². The fraction of sp³-hybridized carbons (Fsp3) is 0.0952. The molecule has 0 saturated heterocycles. The van der Waals surface area contributed by atoms with Crippen LogP contribution in [0.5, 0.6) is 11.5 Å². The molecule has 0 radical (unpaired) electrons. The Kier molecular flexibility index (Phi) is 7.11. The molecule has 0 aliphatic carbocycles. The van der Waals surface area contributed by atoms with Gasteiger partial charge in [-0.2, -0.15) is 8.78 Å². The molecule has 3 aromatic rings. The molecular formula is C21H12BrF5O3S. The fourth-order valence-corrected chi connectivity index (χ4v) is 3.92. The first kappa shape index (κ1) is 23.0. The lowest BCUT2D eigenvalue weighted by Crippen LogP contribution is -2.07. The Balaban J connectivity index is 1.84. The highest BCUT2D eigenvalue weighted by atomic mass is 79.9. The Bertz CT molecular complexity index is 1150. The number of carbonyl (C=O) groups excluding carboxylic acids is 1. The Labute approximate surface area is 185 Å². The van der Waals surface area contributed by atoms with Crippen molar-refractivity contribution >= 4 is 39.1 Å². The van der Waals surface area contributed by atoms with Crippen LogP contribution in [-0.4, -0.2) is 12.9 Å². The zero-order valence-corrected chi connectivity index (χ0v) is 18.1. The number of carbonyl (C=O) groups is 1. The number of hydrogen-bond acceptors (Lipinski definition) is 4. The summed E-state index contributed by atoms with van der Waals surface area (Å²) in [5.74, 6) is -12.0. The summed E-state index contributed by atoms with van der Waals surface area (Å²) in [6.07, 6.45) is 2.85. The lowest BCUT2D eigenvalue weighted by Gasteiger charge is -2.13. The third-order valence-corrected chi connectivity index (χ3v) is 5.79. The third-order valence-electron chi connectivity index (χ3n) is 4.08. The van der Waals surface area contributed by atoms with Crippen molar-refractivity contribution in [3.63, 3.8) is 0 Å². The van der Waals surface area contributed by atoms with Crippen LogP contribution in [0.15, 0.2) is 40.2 Å². The van der Waals surface area contributed by atoms with Gasteiger partial charge in [0.1, 0.15) is 12.4 Å². The number of thiophene rings is 1. The molecule has 1 aromatic heterocycles. The Morgan fingerprint density at radius 3 is 2.26 bits per heavy atom. The molecule has 3 nitrogen and oxygen atoms in total. The normalized spacial score (nSPS) is 11.2. The smallest absolute Gasteiger partial charge is 0.207 e. The molecule has 3 rings (SSSR count). The second kappa shape index (κ2) is 9.61. The van der Waals surface area contributed by atoms with Crippen molar-refractivity contribution in [2.75, 3.05) is 7.11 Å². The molecule has 2 aromatic carbocycles. The number of ketones is 1. The molecule has 0 N–H and O–H groups in total. The summed E-state index contributed by atoms with van der Waals surface area (Å²) in [6.45, 7) is -0.547. The van der Waals surface area contributed by atoms with E-state index >= 15 is 0 Å². The van der Waals surface area contributed by atoms with Crippen LogP contribution in [0.1, 0.15) is 20.8 Å². The van der Waals surface area contributed by atoms with Crippen LogP contribution >= 0.6 is 27.3 Å². The zero-order chi connectivity index (χ0) is 22.7.